The van der Waals surface area contributed by atoms with E-state index in [1.165, 1.54) is 9.87 Å². The summed E-state index contributed by atoms with van der Waals surface area (Å²) < 4.78 is 26.1. The number of anilines is 2. The molecule has 1 aliphatic heterocycles. The third-order valence-electron chi connectivity index (χ3n) is 5.48. The molecule has 0 unspecified atom stereocenters. The summed E-state index contributed by atoms with van der Waals surface area (Å²) in [7, 11) is -3.62. The Bertz CT molecular complexity index is 1260. The summed E-state index contributed by atoms with van der Waals surface area (Å²) in [6.45, 7) is 0.743. The molecule has 1 aliphatic rings. The monoisotopic (exact) mass is 488 g/mol. The van der Waals surface area contributed by atoms with Crippen molar-refractivity contribution in [2.45, 2.75) is 19.4 Å². The van der Waals surface area contributed by atoms with Crippen LogP contribution in [-0.4, -0.2) is 27.1 Å². The number of carbonyl (C=O) groups is 1. The van der Waals surface area contributed by atoms with Crippen LogP contribution in [0.1, 0.15) is 27.9 Å². The highest BCUT2D eigenvalue weighted by Crippen LogP contribution is 2.34. The third kappa shape index (κ3) is 4.63. The summed E-state index contributed by atoms with van der Waals surface area (Å²) in [4.78, 5) is 15.0. The Balaban J connectivity index is 1.58. The highest BCUT2D eigenvalue weighted by atomic mass is 35.5. The summed E-state index contributed by atoms with van der Waals surface area (Å²) in [5.74, 6) is -0.0680. The second kappa shape index (κ2) is 9.14. The number of carbonyl (C=O) groups excluding carboxylic acids is 1. The quantitative estimate of drug-likeness (QED) is 0.472. The summed E-state index contributed by atoms with van der Waals surface area (Å²) in [6.07, 6.45) is 3.01. The lowest BCUT2D eigenvalue weighted by atomic mass is 10.0. The van der Waals surface area contributed by atoms with Gasteiger partial charge >= 0.3 is 0 Å². The maximum atomic E-state index is 13.1. The Morgan fingerprint density at radius 3 is 2.44 bits per heavy atom. The minimum absolute atomic E-state index is 0.0680. The Morgan fingerprint density at radius 2 is 1.72 bits per heavy atom. The summed E-state index contributed by atoms with van der Waals surface area (Å²) in [5.41, 5.74) is 3.71. The molecule has 3 aromatic carbocycles. The zero-order valence-electron chi connectivity index (χ0n) is 17.5. The lowest BCUT2D eigenvalue weighted by molar-refractivity contribution is 0.0985. The van der Waals surface area contributed by atoms with Gasteiger partial charge in [-0.2, -0.15) is 0 Å². The van der Waals surface area contributed by atoms with Gasteiger partial charge in [-0.25, -0.2) is 8.42 Å². The fraction of sp³-hybridized carbons (Fsp3) is 0.208. The molecule has 0 atom stereocenters. The van der Waals surface area contributed by atoms with Crippen molar-refractivity contribution in [3.8, 4) is 0 Å². The maximum Gasteiger partial charge on any atom is 0.258 e. The van der Waals surface area contributed by atoms with Crippen molar-refractivity contribution in [3.63, 3.8) is 0 Å². The number of nitrogens with zero attached hydrogens (tertiary/aromatic N) is 2. The number of benzene rings is 3. The molecular weight excluding hydrogens is 467 g/mol. The van der Waals surface area contributed by atoms with E-state index < -0.39 is 10.0 Å². The largest absolute Gasteiger partial charge is 0.308 e. The van der Waals surface area contributed by atoms with Crippen LogP contribution in [0.3, 0.4) is 0 Å². The number of hydrogen-bond acceptors (Lipinski definition) is 3. The van der Waals surface area contributed by atoms with Gasteiger partial charge < -0.3 is 4.90 Å². The predicted molar refractivity (Wildman–Crippen MR) is 130 cm³/mol. The van der Waals surface area contributed by atoms with E-state index in [9.17, 15) is 13.2 Å². The highest BCUT2D eigenvalue weighted by molar-refractivity contribution is 7.92. The molecule has 0 saturated carbocycles. The second-order valence-electron chi connectivity index (χ2n) is 7.73. The number of para-hydroxylation sites is 1. The molecular formula is C24H22Cl2N2O3S. The molecule has 0 radical (unpaired) electrons. The summed E-state index contributed by atoms with van der Waals surface area (Å²) in [6, 6.07) is 19.8. The van der Waals surface area contributed by atoms with Crippen LogP contribution in [0.15, 0.2) is 66.7 Å². The lowest BCUT2D eigenvalue weighted by Gasteiger charge is -2.29. The SMILES string of the molecule is CS(=O)(=O)N(Cc1ccc(C(=O)N2CCCc3ccccc32)cc1)c1cccc(Cl)c1Cl. The molecule has 32 heavy (non-hydrogen) atoms. The summed E-state index contributed by atoms with van der Waals surface area (Å²) >= 11 is 12.3. The van der Waals surface area contributed by atoms with Gasteiger partial charge in [0.25, 0.3) is 5.91 Å². The van der Waals surface area contributed by atoms with Crippen molar-refractivity contribution in [1.82, 2.24) is 0 Å². The number of amides is 1. The van der Waals surface area contributed by atoms with Crippen molar-refractivity contribution in [2.24, 2.45) is 0 Å². The molecule has 1 heterocycles. The molecule has 0 bridgehead atoms. The van der Waals surface area contributed by atoms with E-state index >= 15 is 0 Å². The highest BCUT2D eigenvalue weighted by Gasteiger charge is 2.24. The average Bonchev–Trinajstić information content (AvgIpc) is 2.78. The van der Waals surface area contributed by atoms with E-state index in [0.29, 0.717) is 17.8 Å². The summed E-state index contributed by atoms with van der Waals surface area (Å²) in [5, 5.41) is 0.454. The molecule has 4 rings (SSSR count). The Labute approximate surface area is 198 Å². The molecule has 0 spiro atoms. The van der Waals surface area contributed by atoms with E-state index in [4.69, 9.17) is 23.2 Å². The maximum absolute atomic E-state index is 13.1. The van der Waals surface area contributed by atoms with Gasteiger partial charge in [0.05, 0.1) is 28.5 Å². The number of rotatable bonds is 5. The molecule has 166 valence electrons. The van der Waals surface area contributed by atoms with E-state index in [1.54, 1.807) is 42.5 Å². The van der Waals surface area contributed by atoms with Gasteiger partial charge in [0, 0.05) is 17.8 Å². The topological polar surface area (TPSA) is 57.7 Å². The van der Waals surface area contributed by atoms with Crippen molar-refractivity contribution >= 4 is 50.5 Å². The van der Waals surface area contributed by atoms with Crippen LogP contribution in [0.4, 0.5) is 11.4 Å². The van der Waals surface area contributed by atoms with Crippen LogP contribution in [0.5, 0.6) is 0 Å². The van der Waals surface area contributed by atoms with E-state index in [2.05, 4.69) is 6.07 Å². The van der Waals surface area contributed by atoms with Gasteiger partial charge in [-0.15, -0.1) is 0 Å². The van der Waals surface area contributed by atoms with Gasteiger partial charge in [0.15, 0.2) is 0 Å². The van der Waals surface area contributed by atoms with Crippen molar-refractivity contribution in [3.05, 3.63) is 93.5 Å². The second-order valence-corrected chi connectivity index (χ2v) is 10.4. The zero-order valence-corrected chi connectivity index (χ0v) is 19.8. The van der Waals surface area contributed by atoms with Crippen molar-refractivity contribution in [2.75, 3.05) is 22.0 Å². The van der Waals surface area contributed by atoms with E-state index in [-0.39, 0.29) is 22.5 Å². The number of fused-ring (bicyclic) bond motifs is 1. The van der Waals surface area contributed by atoms with Crippen LogP contribution in [-0.2, 0) is 23.0 Å². The standard InChI is InChI=1S/C24H22Cl2N2O3S/c1-32(30,31)28(22-10-4-8-20(25)23(22)26)16-17-11-13-19(14-12-17)24(29)27-15-5-7-18-6-2-3-9-21(18)27/h2-4,6,8-14H,5,7,15-16H2,1H3. The first-order chi connectivity index (χ1) is 15.3. The molecule has 0 N–H and O–H groups in total. The van der Waals surface area contributed by atoms with Crippen LogP contribution >= 0.6 is 23.2 Å². The van der Waals surface area contributed by atoms with Gasteiger partial charge in [-0.05, 0) is 54.3 Å². The first kappa shape index (κ1) is 22.6. The zero-order chi connectivity index (χ0) is 22.9. The normalized spacial score (nSPS) is 13.5. The first-order valence-corrected chi connectivity index (χ1v) is 12.8. The van der Waals surface area contributed by atoms with Crippen LogP contribution < -0.4 is 9.21 Å². The molecule has 0 aromatic heterocycles. The van der Waals surface area contributed by atoms with Crippen LogP contribution in [0, 0.1) is 0 Å². The molecule has 0 fully saturated rings. The van der Waals surface area contributed by atoms with Gasteiger partial charge in [0.2, 0.25) is 10.0 Å². The van der Waals surface area contributed by atoms with Crippen LogP contribution in [0.2, 0.25) is 10.0 Å². The smallest absolute Gasteiger partial charge is 0.258 e. The number of sulfonamides is 1. The lowest BCUT2D eigenvalue weighted by Crippen LogP contribution is -2.35. The third-order valence-corrected chi connectivity index (χ3v) is 7.42. The molecule has 3 aromatic rings. The van der Waals surface area contributed by atoms with Gasteiger partial charge in [0.1, 0.15) is 0 Å². The molecule has 1 amide bonds. The van der Waals surface area contributed by atoms with Crippen molar-refractivity contribution in [1.29, 1.82) is 0 Å². The number of hydrogen-bond donors (Lipinski definition) is 0. The minimum atomic E-state index is -3.62. The van der Waals surface area contributed by atoms with Gasteiger partial charge in [-0.1, -0.05) is 59.6 Å². The van der Waals surface area contributed by atoms with E-state index in [0.717, 1.165) is 30.3 Å². The molecule has 8 heteroatoms. The first-order valence-electron chi connectivity index (χ1n) is 10.2. The predicted octanol–water partition coefficient (Wildman–Crippen LogP) is 5.55. The van der Waals surface area contributed by atoms with E-state index in [1.807, 2.05) is 23.1 Å². The van der Waals surface area contributed by atoms with Crippen molar-refractivity contribution < 1.29 is 13.2 Å². The Hall–Kier alpha value is -2.54. The van der Waals surface area contributed by atoms with Gasteiger partial charge in [-0.3, -0.25) is 9.10 Å². The Morgan fingerprint density at radius 1 is 1.00 bits per heavy atom. The fourth-order valence-corrected chi connectivity index (χ4v) is 5.23. The minimum Gasteiger partial charge on any atom is -0.308 e. The Kier molecular flexibility index (Phi) is 6.47. The molecule has 0 aliphatic carbocycles. The fourth-order valence-electron chi connectivity index (χ4n) is 3.89. The van der Waals surface area contributed by atoms with Crippen LogP contribution in [0.25, 0.3) is 0 Å². The molecule has 5 nitrogen and oxygen atoms in total. The average molecular weight is 489 g/mol. The number of aryl methyl sites for hydroxylation is 1. The molecule has 0 saturated heterocycles. The number of halogens is 2.